The monoisotopic (exact) mass is 335 g/mol. The molecule has 88 valence electrons. The Morgan fingerprint density at radius 1 is 1.75 bits per heavy atom. The van der Waals surface area contributed by atoms with Crippen molar-refractivity contribution in [2.24, 2.45) is 0 Å². The second-order valence-corrected chi connectivity index (χ2v) is 5.28. The van der Waals surface area contributed by atoms with Gasteiger partial charge in [-0.3, -0.25) is 4.79 Å². The molecular formula is C10H14IN3O2. The van der Waals surface area contributed by atoms with Gasteiger partial charge < -0.3 is 15.0 Å². The van der Waals surface area contributed by atoms with Crippen molar-refractivity contribution in [3.63, 3.8) is 0 Å². The first-order valence-corrected chi connectivity index (χ1v) is 6.24. The molecule has 1 aromatic heterocycles. The van der Waals surface area contributed by atoms with Gasteiger partial charge in [0.15, 0.2) is 0 Å². The summed E-state index contributed by atoms with van der Waals surface area (Å²) in [7, 11) is 0. The second-order valence-electron chi connectivity index (χ2n) is 4.20. The van der Waals surface area contributed by atoms with Gasteiger partial charge in [-0.1, -0.05) is 0 Å². The molecule has 1 aliphatic rings. The van der Waals surface area contributed by atoms with E-state index in [1.54, 1.807) is 0 Å². The van der Waals surface area contributed by atoms with Crippen molar-refractivity contribution < 1.29 is 4.74 Å². The van der Waals surface area contributed by atoms with Gasteiger partial charge in [-0.05, 0) is 42.9 Å². The summed E-state index contributed by atoms with van der Waals surface area (Å²) in [6.07, 6.45) is 2.44. The Morgan fingerprint density at radius 2 is 2.50 bits per heavy atom. The number of aromatic amines is 1. The Labute approximate surface area is 107 Å². The third kappa shape index (κ3) is 2.08. The third-order valence-corrected chi connectivity index (χ3v) is 4.09. The number of anilines is 1. The molecule has 1 fully saturated rings. The van der Waals surface area contributed by atoms with E-state index in [0.29, 0.717) is 9.39 Å². The number of nitrogens with one attached hydrogen (secondary N) is 2. The van der Waals surface area contributed by atoms with Crippen molar-refractivity contribution in [2.75, 3.05) is 11.9 Å². The van der Waals surface area contributed by atoms with Crippen LogP contribution in [0.15, 0.2) is 11.1 Å². The molecule has 0 radical (unpaired) electrons. The molecule has 2 atom stereocenters. The van der Waals surface area contributed by atoms with Gasteiger partial charge in [0.1, 0.15) is 9.39 Å². The van der Waals surface area contributed by atoms with Crippen LogP contribution in [0.2, 0.25) is 0 Å². The predicted molar refractivity (Wildman–Crippen MR) is 69.6 cm³/mol. The number of H-pyrrole nitrogens is 1. The van der Waals surface area contributed by atoms with Crippen molar-refractivity contribution in [2.45, 2.75) is 31.9 Å². The zero-order valence-corrected chi connectivity index (χ0v) is 11.4. The molecule has 2 heterocycles. The molecule has 16 heavy (non-hydrogen) atoms. The molecule has 0 spiro atoms. The average molecular weight is 335 g/mol. The first-order valence-electron chi connectivity index (χ1n) is 5.16. The molecule has 6 heteroatoms. The van der Waals surface area contributed by atoms with Gasteiger partial charge in [0.2, 0.25) is 0 Å². The van der Waals surface area contributed by atoms with E-state index >= 15 is 0 Å². The van der Waals surface area contributed by atoms with Crippen LogP contribution in [0.4, 0.5) is 5.82 Å². The lowest BCUT2D eigenvalue weighted by Gasteiger charge is -2.29. The summed E-state index contributed by atoms with van der Waals surface area (Å²) < 4.78 is 6.12. The molecular weight excluding hydrogens is 321 g/mol. The minimum Gasteiger partial charge on any atom is -0.376 e. The zero-order valence-electron chi connectivity index (χ0n) is 9.21. The second kappa shape index (κ2) is 4.33. The summed E-state index contributed by atoms with van der Waals surface area (Å²) in [5, 5.41) is 3.31. The van der Waals surface area contributed by atoms with Crippen molar-refractivity contribution >= 4 is 28.4 Å². The highest BCUT2D eigenvalue weighted by Gasteiger charge is 2.37. The van der Waals surface area contributed by atoms with Crippen LogP contribution >= 0.6 is 22.6 Å². The SMILES string of the molecule is CC1OCCC1(C)Nc1nc[nH]c(=O)c1I. The Bertz CT molecular complexity index is 448. The fraction of sp³-hybridized carbons (Fsp3) is 0.600. The maximum atomic E-state index is 11.4. The van der Waals surface area contributed by atoms with E-state index in [-0.39, 0.29) is 17.2 Å². The van der Waals surface area contributed by atoms with Crippen molar-refractivity contribution in [3.8, 4) is 0 Å². The van der Waals surface area contributed by atoms with Crippen LogP contribution in [-0.4, -0.2) is 28.2 Å². The summed E-state index contributed by atoms with van der Waals surface area (Å²) in [6, 6.07) is 0. The molecule has 2 N–H and O–H groups in total. The normalized spacial score (nSPS) is 29.3. The van der Waals surface area contributed by atoms with Gasteiger partial charge in [0.25, 0.3) is 5.56 Å². The van der Waals surface area contributed by atoms with E-state index in [0.717, 1.165) is 13.0 Å². The summed E-state index contributed by atoms with van der Waals surface area (Å²) in [5.41, 5.74) is -0.269. The van der Waals surface area contributed by atoms with Crippen LogP contribution < -0.4 is 10.9 Å². The summed E-state index contributed by atoms with van der Waals surface area (Å²) in [4.78, 5) is 18.1. The van der Waals surface area contributed by atoms with E-state index < -0.39 is 0 Å². The van der Waals surface area contributed by atoms with E-state index in [4.69, 9.17) is 4.74 Å². The zero-order chi connectivity index (χ0) is 11.8. The molecule has 0 saturated carbocycles. The number of rotatable bonds is 2. The largest absolute Gasteiger partial charge is 0.376 e. The molecule has 0 aliphatic carbocycles. The number of hydrogen-bond donors (Lipinski definition) is 2. The van der Waals surface area contributed by atoms with E-state index in [1.807, 2.05) is 29.5 Å². The molecule has 0 aromatic carbocycles. The molecule has 1 aliphatic heterocycles. The van der Waals surface area contributed by atoms with E-state index in [2.05, 4.69) is 22.2 Å². The molecule has 5 nitrogen and oxygen atoms in total. The highest BCUT2D eigenvalue weighted by atomic mass is 127. The van der Waals surface area contributed by atoms with Gasteiger partial charge in [-0.25, -0.2) is 4.98 Å². The molecule has 1 aromatic rings. The highest BCUT2D eigenvalue weighted by Crippen LogP contribution is 2.29. The smallest absolute Gasteiger partial charge is 0.266 e. The molecule has 2 rings (SSSR count). The van der Waals surface area contributed by atoms with Crippen LogP contribution in [0, 0.1) is 3.57 Å². The summed E-state index contributed by atoms with van der Waals surface area (Å²) in [6.45, 7) is 4.86. The number of halogens is 1. The Hall–Kier alpha value is -0.630. The van der Waals surface area contributed by atoms with Crippen molar-refractivity contribution in [3.05, 3.63) is 20.3 Å². The fourth-order valence-electron chi connectivity index (χ4n) is 1.74. The maximum Gasteiger partial charge on any atom is 0.266 e. The van der Waals surface area contributed by atoms with Crippen LogP contribution in [0.1, 0.15) is 20.3 Å². The van der Waals surface area contributed by atoms with Gasteiger partial charge >= 0.3 is 0 Å². The molecule has 1 saturated heterocycles. The fourth-order valence-corrected chi connectivity index (χ4v) is 2.17. The Balaban J connectivity index is 2.27. The predicted octanol–water partition coefficient (Wildman–Crippen LogP) is 1.35. The van der Waals surface area contributed by atoms with Gasteiger partial charge in [0.05, 0.1) is 18.0 Å². The van der Waals surface area contributed by atoms with Gasteiger partial charge in [-0.15, -0.1) is 0 Å². The van der Waals surface area contributed by atoms with Gasteiger partial charge in [-0.2, -0.15) is 0 Å². The average Bonchev–Trinajstić information content (AvgIpc) is 2.55. The Kier molecular flexibility index (Phi) is 3.20. The number of aromatic nitrogens is 2. The lowest BCUT2D eigenvalue weighted by atomic mass is 9.95. The number of hydrogen-bond acceptors (Lipinski definition) is 4. The van der Waals surface area contributed by atoms with Crippen LogP contribution in [-0.2, 0) is 4.74 Å². The van der Waals surface area contributed by atoms with E-state index in [9.17, 15) is 4.79 Å². The van der Waals surface area contributed by atoms with Gasteiger partial charge in [0, 0.05) is 6.61 Å². The van der Waals surface area contributed by atoms with Crippen LogP contribution in [0.25, 0.3) is 0 Å². The molecule has 0 amide bonds. The molecule has 2 unspecified atom stereocenters. The standard InChI is InChI=1S/C10H14IN3O2/c1-6-10(2,3-4-16-6)14-8-7(11)9(15)13-5-12-8/h5-6H,3-4H2,1-2H3,(H2,12,13,14,15). The lowest BCUT2D eigenvalue weighted by Crippen LogP contribution is -2.42. The third-order valence-electron chi connectivity index (χ3n) is 3.09. The highest BCUT2D eigenvalue weighted by molar-refractivity contribution is 14.1. The Morgan fingerprint density at radius 3 is 3.12 bits per heavy atom. The first-order chi connectivity index (χ1) is 7.53. The van der Waals surface area contributed by atoms with E-state index in [1.165, 1.54) is 6.33 Å². The summed E-state index contributed by atoms with van der Waals surface area (Å²) >= 11 is 2.00. The van der Waals surface area contributed by atoms with Crippen molar-refractivity contribution in [1.29, 1.82) is 0 Å². The maximum absolute atomic E-state index is 11.4. The summed E-state index contributed by atoms with van der Waals surface area (Å²) in [5.74, 6) is 0.629. The minimum absolute atomic E-state index is 0.115. The minimum atomic E-state index is -0.152. The topological polar surface area (TPSA) is 67.0 Å². The van der Waals surface area contributed by atoms with Crippen LogP contribution in [0.5, 0.6) is 0 Å². The number of ether oxygens (including phenoxy) is 1. The molecule has 0 bridgehead atoms. The lowest BCUT2D eigenvalue weighted by molar-refractivity contribution is 0.105. The quantitative estimate of drug-likeness (QED) is 0.801. The van der Waals surface area contributed by atoms with Crippen LogP contribution in [0.3, 0.4) is 0 Å². The number of nitrogens with zero attached hydrogens (tertiary/aromatic N) is 1. The van der Waals surface area contributed by atoms with Crippen molar-refractivity contribution in [1.82, 2.24) is 9.97 Å². The first kappa shape index (κ1) is 11.8.